The molecular weight excluding hydrogens is 296 g/mol. The van der Waals surface area contributed by atoms with Crippen molar-refractivity contribution in [1.29, 1.82) is 0 Å². The van der Waals surface area contributed by atoms with Crippen LogP contribution in [0.2, 0.25) is 0 Å². The Bertz CT molecular complexity index is 766. The molecule has 1 heterocycles. The van der Waals surface area contributed by atoms with Gasteiger partial charge in [-0.3, -0.25) is 4.72 Å². The van der Waals surface area contributed by atoms with Gasteiger partial charge in [0.25, 0.3) is 10.0 Å². The van der Waals surface area contributed by atoms with Crippen LogP contribution in [0.25, 0.3) is 0 Å². The van der Waals surface area contributed by atoms with Crippen molar-refractivity contribution in [2.24, 2.45) is 0 Å². The van der Waals surface area contributed by atoms with Gasteiger partial charge in [-0.25, -0.2) is 8.42 Å². The molecule has 0 aliphatic heterocycles. The van der Waals surface area contributed by atoms with Crippen LogP contribution in [0.4, 0.5) is 10.8 Å². The first kappa shape index (κ1) is 14.7. The molecule has 0 fully saturated rings. The van der Waals surface area contributed by atoms with Gasteiger partial charge in [-0.05, 0) is 44.4 Å². The number of hydrogen-bond donors (Lipinski definition) is 2. The van der Waals surface area contributed by atoms with Crippen molar-refractivity contribution in [3.05, 3.63) is 27.8 Å². The van der Waals surface area contributed by atoms with E-state index >= 15 is 0 Å². The monoisotopic (exact) mass is 312 g/mol. The number of nitrogens with one attached hydrogen (secondary N) is 1. The fourth-order valence-electron chi connectivity index (χ4n) is 2.10. The van der Waals surface area contributed by atoms with Gasteiger partial charge >= 0.3 is 0 Å². The van der Waals surface area contributed by atoms with E-state index in [0.717, 1.165) is 5.56 Å². The number of nitrogen functional groups attached to an aromatic ring is 1. The van der Waals surface area contributed by atoms with Gasteiger partial charge in [-0.2, -0.15) is 0 Å². The zero-order valence-corrected chi connectivity index (χ0v) is 13.3. The van der Waals surface area contributed by atoms with Gasteiger partial charge in [-0.15, -0.1) is 10.2 Å². The van der Waals surface area contributed by atoms with Crippen LogP contribution in [0.15, 0.2) is 11.0 Å². The number of aryl methyl sites for hydroxylation is 3. The predicted molar refractivity (Wildman–Crippen MR) is 80.5 cm³/mol. The molecule has 2 rings (SSSR count). The molecule has 0 atom stereocenters. The molecule has 0 bridgehead atoms. The SMILES string of the molecule is Cc1nnc(NS(=O)(=O)c2c(C)cc(C)c(N)c2C)s1. The molecule has 0 aliphatic carbocycles. The van der Waals surface area contributed by atoms with E-state index in [0.29, 0.717) is 21.8 Å². The predicted octanol–water partition coefficient (Wildman–Crippen LogP) is 2.15. The second-order valence-electron chi connectivity index (χ2n) is 4.61. The molecule has 0 saturated carbocycles. The van der Waals surface area contributed by atoms with E-state index in [9.17, 15) is 8.42 Å². The number of nitrogens with zero attached hydrogens (tertiary/aromatic N) is 2. The summed E-state index contributed by atoms with van der Waals surface area (Å²) in [6, 6.07) is 1.77. The van der Waals surface area contributed by atoms with Crippen molar-refractivity contribution in [2.75, 3.05) is 10.5 Å². The summed E-state index contributed by atoms with van der Waals surface area (Å²) in [5.41, 5.74) is 8.49. The Morgan fingerprint density at radius 2 is 1.80 bits per heavy atom. The average Bonchev–Trinajstić information content (AvgIpc) is 2.70. The molecule has 0 amide bonds. The minimum Gasteiger partial charge on any atom is -0.398 e. The Balaban J connectivity index is 2.52. The standard InChI is InChI=1S/C12H16N4O2S2/c1-6-5-7(2)11(8(3)10(6)13)20(17,18)16-12-15-14-9(4)19-12/h5H,13H2,1-4H3,(H,15,16). The van der Waals surface area contributed by atoms with Crippen LogP contribution in [0.5, 0.6) is 0 Å². The average molecular weight is 312 g/mol. The third-order valence-electron chi connectivity index (χ3n) is 2.98. The highest BCUT2D eigenvalue weighted by Crippen LogP contribution is 2.29. The quantitative estimate of drug-likeness (QED) is 0.846. The molecular formula is C12H16N4O2S2. The van der Waals surface area contributed by atoms with E-state index in [4.69, 9.17) is 5.73 Å². The van der Waals surface area contributed by atoms with Crippen LogP contribution < -0.4 is 10.5 Å². The Hall–Kier alpha value is -1.67. The maximum Gasteiger partial charge on any atom is 0.264 e. The van der Waals surface area contributed by atoms with Crippen LogP contribution in [0.1, 0.15) is 21.7 Å². The second-order valence-corrected chi connectivity index (χ2v) is 7.41. The van der Waals surface area contributed by atoms with E-state index in [2.05, 4.69) is 14.9 Å². The molecule has 0 radical (unpaired) electrons. The molecule has 6 nitrogen and oxygen atoms in total. The van der Waals surface area contributed by atoms with Gasteiger partial charge in [-0.1, -0.05) is 17.4 Å². The molecule has 3 N–H and O–H groups in total. The molecule has 1 aromatic carbocycles. The summed E-state index contributed by atoms with van der Waals surface area (Å²) in [4.78, 5) is 0.202. The van der Waals surface area contributed by atoms with Gasteiger partial charge in [0.15, 0.2) is 0 Å². The summed E-state index contributed by atoms with van der Waals surface area (Å²) in [5, 5.41) is 8.51. The van der Waals surface area contributed by atoms with Crippen molar-refractivity contribution in [1.82, 2.24) is 10.2 Å². The lowest BCUT2D eigenvalue weighted by atomic mass is 10.1. The maximum atomic E-state index is 12.5. The van der Waals surface area contributed by atoms with Crippen molar-refractivity contribution < 1.29 is 8.42 Å². The van der Waals surface area contributed by atoms with E-state index < -0.39 is 10.0 Å². The van der Waals surface area contributed by atoms with Crippen molar-refractivity contribution in [3.63, 3.8) is 0 Å². The molecule has 0 saturated heterocycles. The summed E-state index contributed by atoms with van der Waals surface area (Å²) >= 11 is 1.18. The van der Waals surface area contributed by atoms with Gasteiger partial charge in [0.1, 0.15) is 5.01 Å². The van der Waals surface area contributed by atoms with Gasteiger partial charge in [0.2, 0.25) is 5.13 Å². The van der Waals surface area contributed by atoms with Crippen LogP contribution in [-0.4, -0.2) is 18.6 Å². The highest BCUT2D eigenvalue weighted by molar-refractivity contribution is 7.93. The lowest BCUT2D eigenvalue weighted by Gasteiger charge is -2.15. The summed E-state index contributed by atoms with van der Waals surface area (Å²) in [5.74, 6) is 0. The largest absolute Gasteiger partial charge is 0.398 e. The minimum absolute atomic E-state index is 0.202. The normalized spacial score (nSPS) is 11.6. The minimum atomic E-state index is -3.72. The number of nitrogens with two attached hydrogens (primary N) is 1. The number of benzene rings is 1. The number of anilines is 2. The molecule has 1 aromatic heterocycles. The number of sulfonamides is 1. The Morgan fingerprint density at radius 1 is 1.15 bits per heavy atom. The van der Waals surface area contributed by atoms with E-state index in [1.165, 1.54) is 11.3 Å². The summed E-state index contributed by atoms with van der Waals surface area (Å²) in [6.07, 6.45) is 0. The topological polar surface area (TPSA) is 98.0 Å². The van der Waals surface area contributed by atoms with Crippen LogP contribution >= 0.6 is 11.3 Å². The third-order valence-corrected chi connectivity index (χ3v) is 5.49. The lowest BCUT2D eigenvalue weighted by molar-refractivity contribution is 0.600. The fourth-order valence-corrected chi connectivity index (χ4v) is 4.41. The van der Waals surface area contributed by atoms with E-state index in [1.807, 2.05) is 6.92 Å². The summed E-state index contributed by atoms with van der Waals surface area (Å²) in [7, 11) is -3.72. The molecule has 0 spiro atoms. The molecule has 8 heteroatoms. The highest BCUT2D eigenvalue weighted by atomic mass is 32.2. The van der Waals surface area contributed by atoms with Crippen molar-refractivity contribution in [3.8, 4) is 0 Å². The number of hydrogen-bond acceptors (Lipinski definition) is 6. The zero-order valence-electron chi connectivity index (χ0n) is 11.7. The van der Waals surface area contributed by atoms with Crippen LogP contribution in [-0.2, 0) is 10.0 Å². The summed E-state index contributed by atoms with van der Waals surface area (Å²) in [6.45, 7) is 7.07. The third kappa shape index (κ3) is 2.61. The van der Waals surface area contributed by atoms with Gasteiger partial charge < -0.3 is 5.73 Å². The molecule has 0 unspecified atom stereocenters. The Kier molecular flexibility index (Phi) is 3.70. The number of aromatic nitrogens is 2. The first-order chi connectivity index (χ1) is 9.22. The first-order valence-electron chi connectivity index (χ1n) is 5.91. The smallest absolute Gasteiger partial charge is 0.264 e. The fraction of sp³-hybridized carbons (Fsp3) is 0.333. The Labute approximate surface area is 122 Å². The molecule has 20 heavy (non-hydrogen) atoms. The van der Waals surface area contributed by atoms with Crippen LogP contribution in [0.3, 0.4) is 0 Å². The number of rotatable bonds is 3. The Morgan fingerprint density at radius 3 is 2.35 bits per heavy atom. The van der Waals surface area contributed by atoms with Crippen LogP contribution in [0, 0.1) is 27.7 Å². The van der Waals surface area contributed by atoms with Crippen molar-refractivity contribution >= 4 is 32.2 Å². The maximum absolute atomic E-state index is 12.5. The molecule has 0 aliphatic rings. The van der Waals surface area contributed by atoms with Crippen molar-refractivity contribution in [2.45, 2.75) is 32.6 Å². The molecule has 2 aromatic rings. The van der Waals surface area contributed by atoms with Gasteiger partial charge in [0.05, 0.1) is 4.90 Å². The summed E-state index contributed by atoms with van der Waals surface area (Å²) < 4.78 is 27.4. The first-order valence-corrected chi connectivity index (χ1v) is 8.21. The van der Waals surface area contributed by atoms with Gasteiger partial charge in [0, 0.05) is 5.69 Å². The molecule has 108 valence electrons. The van der Waals surface area contributed by atoms with E-state index in [-0.39, 0.29) is 10.0 Å². The highest BCUT2D eigenvalue weighted by Gasteiger charge is 2.23. The lowest BCUT2D eigenvalue weighted by Crippen LogP contribution is -2.17. The van der Waals surface area contributed by atoms with E-state index in [1.54, 1.807) is 26.8 Å². The second kappa shape index (κ2) is 5.02. The zero-order chi connectivity index (χ0) is 15.1.